The highest BCUT2D eigenvalue weighted by Crippen LogP contribution is 2.30. The molecule has 2 unspecified atom stereocenters. The highest BCUT2D eigenvalue weighted by Gasteiger charge is 2.27. The largest absolute Gasteiger partial charge is 0.346 e. The van der Waals surface area contributed by atoms with Gasteiger partial charge in [-0.25, -0.2) is 0 Å². The summed E-state index contributed by atoms with van der Waals surface area (Å²) in [5, 5.41) is 11.9. The minimum atomic E-state index is -0.305. The van der Waals surface area contributed by atoms with Crippen molar-refractivity contribution >= 4 is 23.4 Å². The zero-order valence-electron chi connectivity index (χ0n) is 9.95. The predicted molar refractivity (Wildman–Crippen MR) is 72.1 cm³/mol. The Hall–Kier alpha value is -1.08. The van der Waals surface area contributed by atoms with Gasteiger partial charge in [0.15, 0.2) is 6.29 Å². The van der Waals surface area contributed by atoms with E-state index in [9.17, 15) is 0 Å². The lowest BCUT2D eigenvalue weighted by Gasteiger charge is -2.11. The molecule has 1 N–H and O–H groups in total. The molecular formula is C12H12ClN3O2S. The van der Waals surface area contributed by atoms with Gasteiger partial charge in [-0.2, -0.15) is 10.3 Å². The van der Waals surface area contributed by atoms with Crippen LogP contribution in [0.1, 0.15) is 11.9 Å². The van der Waals surface area contributed by atoms with Crippen LogP contribution in [0.15, 0.2) is 35.5 Å². The minimum Gasteiger partial charge on any atom is -0.346 e. The molecule has 1 fully saturated rings. The van der Waals surface area contributed by atoms with Gasteiger partial charge in [-0.1, -0.05) is 23.7 Å². The lowest BCUT2D eigenvalue weighted by Crippen LogP contribution is -2.12. The number of nitrogens with zero attached hydrogens (tertiary/aromatic N) is 2. The number of nitrogens with one attached hydrogen (secondary N) is 1. The first-order chi connectivity index (χ1) is 9.31. The van der Waals surface area contributed by atoms with Crippen LogP contribution in [-0.4, -0.2) is 33.9 Å². The van der Waals surface area contributed by atoms with E-state index in [1.165, 1.54) is 0 Å². The van der Waals surface area contributed by atoms with E-state index in [1.54, 1.807) is 18.0 Å². The number of aromatic amines is 1. The average molecular weight is 298 g/mol. The van der Waals surface area contributed by atoms with Gasteiger partial charge in [-0.3, -0.25) is 0 Å². The van der Waals surface area contributed by atoms with Crippen LogP contribution < -0.4 is 0 Å². The Morgan fingerprint density at radius 2 is 2.21 bits per heavy atom. The molecule has 100 valence electrons. The quantitative estimate of drug-likeness (QED) is 0.879. The van der Waals surface area contributed by atoms with Crippen LogP contribution in [0.2, 0.25) is 5.02 Å². The molecule has 1 aliphatic heterocycles. The van der Waals surface area contributed by atoms with E-state index in [0.29, 0.717) is 11.6 Å². The Labute approximate surface area is 119 Å². The first-order valence-electron chi connectivity index (χ1n) is 5.82. The van der Waals surface area contributed by atoms with Crippen LogP contribution in [0.3, 0.4) is 0 Å². The van der Waals surface area contributed by atoms with Gasteiger partial charge in [0, 0.05) is 16.3 Å². The molecule has 2 heterocycles. The number of halogens is 1. The van der Waals surface area contributed by atoms with E-state index in [-0.39, 0.29) is 12.4 Å². The summed E-state index contributed by atoms with van der Waals surface area (Å²) in [5.41, 5.74) is 0.985. The summed E-state index contributed by atoms with van der Waals surface area (Å²) in [6.07, 6.45) is 1.44. The van der Waals surface area contributed by atoms with Crippen molar-refractivity contribution in [1.29, 1.82) is 0 Å². The smallest absolute Gasteiger partial charge is 0.184 e. The fourth-order valence-corrected chi connectivity index (χ4v) is 2.66. The van der Waals surface area contributed by atoms with Crippen LogP contribution in [0.25, 0.3) is 0 Å². The van der Waals surface area contributed by atoms with Gasteiger partial charge in [0.2, 0.25) is 0 Å². The van der Waals surface area contributed by atoms with Crippen LogP contribution in [-0.2, 0) is 9.47 Å². The Kier molecular flexibility index (Phi) is 4.03. The van der Waals surface area contributed by atoms with Gasteiger partial charge in [0.05, 0.1) is 18.9 Å². The second-order valence-electron chi connectivity index (χ2n) is 4.09. The van der Waals surface area contributed by atoms with Gasteiger partial charge in [-0.05, 0) is 12.1 Å². The molecule has 7 heteroatoms. The van der Waals surface area contributed by atoms with Crippen LogP contribution >= 0.6 is 23.4 Å². The highest BCUT2D eigenvalue weighted by atomic mass is 35.5. The Morgan fingerprint density at radius 3 is 2.95 bits per heavy atom. The van der Waals surface area contributed by atoms with Crippen molar-refractivity contribution in [2.45, 2.75) is 17.4 Å². The number of ether oxygens (including phenoxy) is 2. The lowest BCUT2D eigenvalue weighted by atomic mass is 10.2. The second-order valence-corrected chi connectivity index (χ2v) is 5.57. The number of hydrogen-bond donors (Lipinski definition) is 1. The molecule has 1 aromatic heterocycles. The summed E-state index contributed by atoms with van der Waals surface area (Å²) in [6.45, 7) is 0.581. The van der Waals surface area contributed by atoms with Crippen molar-refractivity contribution < 1.29 is 9.47 Å². The van der Waals surface area contributed by atoms with Gasteiger partial charge < -0.3 is 9.47 Å². The third kappa shape index (κ3) is 3.27. The predicted octanol–water partition coefficient (Wildman–Crippen LogP) is 2.66. The Bertz CT molecular complexity index is 520. The molecule has 0 radical (unpaired) electrons. The van der Waals surface area contributed by atoms with Crippen molar-refractivity contribution in [3.63, 3.8) is 0 Å². The number of hydrogen-bond acceptors (Lipinski definition) is 5. The third-order valence-corrected chi connectivity index (χ3v) is 3.98. The molecule has 0 saturated carbocycles. The zero-order chi connectivity index (χ0) is 13.1. The Balaban J connectivity index is 1.53. The SMILES string of the molecule is Clc1ccc(C2OCC(CSc3cn[nH]n3)O2)cc1. The van der Waals surface area contributed by atoms with Crippen molar-refractivity contribution in [3.05, 3.63) is 41.0 Å². The maximum Gasteiger partial charge on any atom is 0.184 e. The van der Waals surface area contributed by atoms with E-state index in [2.05, 4.69) is 15.4 Å². The lowest BCUT2D eigenvalue weighted by molar-refractivity contribution is -0.0565. The van der Waals surface area contributed by atoms with Gasteiger partial charge in [0.25, 0.3) is 0 Å². The van der Waals surface area contributed by atoms with Crippen molar-refractivity contribution in [3.8, 4) is 0 Å². The molecule has 2 atom stereocenters. The van der Waals surface area contributed by atoms with Crippen molar-refractivity contribution in [2.24, 2.45) is 0 Å². The van der Waals surface area contributed by atoms with Crippen LogP contribution in [0.4, 0.5) is 0 Å². The van der Waals surface area contributed by atoms with E-state index < -0.39 is 0 Å². The summed E-state index contributed by atoms with van der Waals surface area (Å²) in [6, 6.07) is 7.50. The molecule has 5 nitrogen and oxygen atoms in total. The molecule has 0 spiro atoms. The van der Waals surface area contributed by atoms with Gasteiger partial charge in [-0.15, -0.1) is 16.9 Å². The maximum absolute atomic E-state index is 5.85. The monoisotopic (exact) mass is 297 g/mol. The van der Waals surface area contributed by atoms with Crippen LogP contribution in [0.5, 0.6) is 0 Å². The van der Waals surface area contributed by atoms with Crippen molar-refractivity contribution in [1.82, 2.24) is 15.4 Å². The summed E-state index contributed by atoms with van der Waals surface area (Å²) < 4.78 is 11.5. The molecule has 2 aromatic rings. The topological polar surface area (TPSA) is 60.0 Å². The molecule has 0 amide bonds. The number of H-pyrrole nitrogens is 1. The third-order valence-electron chi connectivity index (χ3n) is 2.70. The number of thioether (sulfide) groups is 1. The van der Waals surface area contributed by atoms with E-state index in [0.717, 1.165) is 16.3 Å². The Morgan fingerprint density at radius 1 is 1.37 bits per heavy atom. The number of rotatable bonds is 4. The molecule has 1 saturated heterocycles. The van der Waals surface area contributed by atoms with E-state index in [4.69, 9.17) is 21.1 Å². The second kappa shape index (κ2) is 5.92. The first-order valence-corrected chi connectivity index (χ1v) is 7.19. The number of aromatic nitrogens is 3. The molecule has 0 bridgehead atoms. The van der Waals surface area contributed by atoms with Crippen LogP contribution in [0, 0.1) is 0 Å². The molecule has 19 heavy (non-hydrogen) atoms. The number of benzene rings is 1. The summed E-state index contributed by atoms with van der Waals surface area (Å²) in [5.74, 6) is 0.788. The summed E-state index contributed by atoms with van der Waals surface area (Å²) in [7, 11) is 0. The fourth-order valence-electron chi connectivity index (χ4n) is 1.77. The molecule has 0 aliphatic carbocycles. The summed E-state index contributed by atoms with van der Waals surface area (Å²) >= 11 is 7.45. The molecular weight excluding hydrogens is 286 g/mol. The molecule has 3 rings (SSSR count). The highest BCUT2D eigenvalue weighted by molar-refractivity contribution is 7.99. The summed E-state index contributed by atoms with van der Waals surface area (Å²) in [4.78, 5) is 0. The fraction of sp³-hybridized carbons (Fsp3) is 0.333. The normalized spacial score (nSPS) is 22.8. The minimum absolute atomic E-state index is 0.0578. The zero-order valence-corrected chi connectivity index (χ0v) is 11.5. The first kappa shape index (κ1) is 12.9. The van der Waals surface area contributed by atoms with E-state index >= 15 is 0 Å². The van der Waals surface area contributed by atoms with Gasteiger partial charge >= 0.3 is 0 Å². The van der Waals surface area contributed by atoms with Crippen molar-refractivity contribution in [2.75, 3.05) is 12.4 Å². The maximum atomic E-state index is 5.85. The average Bonchev–Trinajstić information content (AvgIpc) is 3.09. The standard InChI is InChI=1S/C12H12ClN3O2S/c13-9-3-1-8(2-4-9)12-17-6-10(18-12)7-19-11-5-14-16-15-11/h1-5,10,12H,6-7H2,(H,14,15,16). The van der Waals surface area contributed by atoms with E-state index in [1.807, 2.05) is 24.3 Å². The van der Waals surface area contributed by atoms with Gasteiger partial charge in [0.1, 0.15) is 5.03 Å². The molecule has 1 aromatic carbocycles. The molecule has 1 aliphatic rings.